The predicted octanol–water partition coefficient (Wildman–Crippen LogP) is 6.48. The second-order valence-corrected chi connectivity index (χ2v) is 13.0. The van der Waals surface area contributed by atoms with Crippen molar-refractivity contribution >= 4 is 68.6 Å². The Balaban J connectivity index is 1.93. The van der Waals surface area contributed by atoms with Crippen LogP contribution in [0.4, 0.5) is 0 Å². The van der Waals surface area contributed by atoms with Crippen LogP contribution >= 0.6 is 56.5 Å². The van der Waals surface area contributed by atoms with Crippen molar-refractivity contribution in [1.29, 1.82) is 0 Å². The molecule has 4 rings (SSSR count). The van der Waals surface area contributed by atoms with Gasteiger partial charge in [0.25, 0.3) is 5.56 Å². The lowest BCUT2D eigenvalue weighted by atomic mass is 9.92. The molecule has 0 spiro atoms. The molecule has 1 aromatic heterocycles. The second kappa shape index (κ2) is 13.6. The third-order valence-corrected chi connectivity index (χ3v) is 9.06. The van der Waals surface area contributed by atoms with Crippen LogP contribution in [0.5, 0.6) is 5.75 Å². The fraction of sp³-hybridized carbons (Fsp3) is 0.323. The molecule has 0 radical (unpaired) electrons. The monoisotopic (exact) mass is 782 g/mol. The third-order valence-electron chi connectivity index (χ3n) is 6.47. The van der Waals surface area contributed by atoms with Crippen molar-refractivity contribution in [2.75, 3.05) is 13.2 Å². The van der Waals surface area contributed by atoms with Crippen molar-refractivity contribution < 1.29 is 14.3 Å². The number of esters is 1. The Morgan fingerprint density at radius 3 is 2.42 bits per heavy atom. The molecule has 2 aromatic carbocycles. The molecule has 0 unspecified atom stereocenters. The minimum absolute atomic E-state index is 0.184. The van der Waals surface area contributed by atoms with Gasteiger partial charge in [0, 0.05) is 0 Å². The van der Waals surface area contributed by atoms with Crippen LogP contribution < -0.4 is 19.6 Å². The van der Waals surface area contributed by atoms with Gasteiger partial charge in [-0.1, -0.05) is 75.4 Å². The molecule has 1 aliphatic heterocycles. The number of carbonyl (C=O) groups excluding carboxylic acids is 1. The van der Waals surface area contributed by atoms with Crippen molar-refractivity contribution in [2.24, 2.45) is 4.99 Å². The molecule has 0 saturated carbocycles. The molecule has 9 heteroatoms. The molecule has 3 aromatic rings. The number of benzene rings is 2. The molecule has 0 saturated heterocycles. The highest BCUT2D eigenvalue weighted by Gasteiger charge is 2.34. The molecule has 40 heavy (non-hydrogen) atoms. The first-order chi connectivity index (χ1) is 19.2. The van der Waals surface area contributed by atoms with E-state index in [1.807, 2.05) is 30.3 Å². The Kier molecular flexibility index (Phi) is 10.4. The van der Waals surface area contributed by atoms with Gasteiger partial charge in [0.15, 0.2) is 4.80 Å². The van der Waals surface area contributed by atoms with Crippen molar-refractivity contribution in [3.63, 3.8) is 0 Å². The summed E-state index contributed by atoms with van der Waals surface area (Å²) in [6.45, 7) is 12.5. The number of thiazole rings is 1. The Hall–Kier alpha value is -2.25. The maximum Gasteiger partial charge on any atom is 0.338 e. The van der Waals surface area contributed by atoms with E-state index in [0.29, 0.717) is 39.5 Å². The van der Waals surface area contributed by atoms with Crippen molar-refractivity contribution in [2.45, 2.75) is 52.5 Å². The number of halogens is 2. The topological polar surface area (TPSA) is 69.9 Å². The predicted molar refractivity (Wildman–Crippen MR) is 178 cm³/mol. The fourth-order valence-corrected chi connectivity index (χ4v) is 7.74. The number of allylic oxidation sites excluding steroid dienone is 1. The van der Waals surface area contributed by atoms with Crippen LogP contribution in [-0.4, -0.2) is 23.8 Å². The summed E-state index contributed by atoms with van der Waals surface area (Å²) in [7, 11) is 0. The van der Waals surface area contributed by atoms with Crippen molar-refractivity contribution in [1.82, 2.24) is 4.57 Å². The zero-order valence-electron chi connectivity index (χ0n) is 23.0. The third kappa shape index (κ3) is 6.46. The smallest absolute Gasteiger partial charge is 0.338 e. The Morgan fingerprint density at radius 2 is 1.85 bits per heavy atom. The fourth-order valence-electron chi connectivity index (χ4n) is 4.59. The Labute approximate surface area is 265 Å². The van der Waals surface area contributed by atoms with Crippen LogP contribution in [0, 0.1) is 7.14 Å². The minimum Gasteiger partial charge on any atom is -0.487 e. The average Bonchev–Trinajstić information content (AvgIpc) is 3.22. The van der Waals surface area contributed by atoms with E-state index in [2.05, 4.69) is 84.7 Å². The van der Waals surface area contributed by atoms with E-state index in [1.165, 1.54) is 16.9 Å². The zero-order chi connectivity index (χ0) is 29.0. The number of ether oxygens (including phenoxy) is 2. The van der Waals surface area contributed by atoms with Gasteiger partial charge in [-0.3, -0.25) is 9.36 Å². The number of carbonyl (C=O) groups is 1. The number of fused-ring (bicyclic) bond motifs is 1. The summed E-state index contributed by atoms with van der Waals surface area (Å²) in [5.74, 6) is 0.736. The van der Waals surface area contributed by atoms with E-state index in [1.54, 1.807) is 17.6 Å². The summed E-state index contributed by atoms with van der Waals surface area (Å²) in [5.41, 5.74) is 3.87. The van der Waals surface area contributed by atoms with E-state index in [9.17, 15) is 9.59 Å². The van der Waals surface area contributed by atoms with E-state index in [4.69, 9.17) is 14.5 Å². The quantitative estimate of drug-likeness (QED) is 0.134. The van der Waals surface area contributed by atoms with Gasteiger partial charge in [0.1, 0.15) is 12.4 Å². The number of hydrogen-bond donors (Lipinski definition) is 0. The molecular formula is C31H32I2N2O4S. The van der Waals surface area contributed by atoms with Crippen LogP contribution in [0.15, 0.2) is 70.1 Å². The average molecular weight is 782 g/mol. The molecule has 0 fully saturated rings. The van der Waals surface area contributed by atoms with E-state index in [-0.39, 0.29) is 12.2 Å². The van der Waals surface area contributed by atoms with Gasteiger partial charge in [-0.2, -0.15) is 0 Å². The summed E-state index contributed by atoms with van der Waals surface area (Å²) in [6.07, 6.45) is 5.03. The zero-order valence-corrected chi connectivity index (χ0v) is 28.1. The lowest BCUT2D eigenvalue weighted by Crippen LogP contribution is -2.40. The lowest BCUT2D eigenvalue weighted by molar-refractivity contribution is -0.139. The van der Waals surface area contributed by atoms with E-state index in [0.717, 1.165) is 30.4 Å². The maximum absolute atomic E-state index is 14.0. The van der Waals surface area contributed by atoms with Crippen molar-refractivity contribution in [3.8, 4) is 5.75 Å². The molecular weight excluding hydrogens is 750 g/mol. The first kappa shape index (κ1) is 30.7. The maximum atomic E-state index is 14.0. The van der Waals surface area contributed by atoms with Gasteiger partial charge in [0.2, 0.25) is 0 Å². The molecule has 210 valence electrons. The van der Waals surface area contributed by atoms with Crippen molar-refractivity contribution in [3.05, 3.63) is 104 Å². The molecule has 0 amide bonds. The van der Waals surface area contributed by atoms with Crippen LogP contribution in [0.1, 0.15) is 69.2 Å². The first-order valence-corrected chi connectivity index (χ1v) is 16.2. The number of hydrogen-bond acceptors (Lipinski definition) is 6. The lowest BCUT2D eigenvalue weighted by Gasteiger charge is -2.26. The second-order valence-electron chi connectivity index (χ2n) is 9.65. The van der Waals surface area contributed by atoms with Crippen LogP contribution in [0.25, 0.3) is 6.08 Å². The Morgan fingerprint density at radius 1 is 1.18 bits per heavy atom. The first-order valence-electron chi connectivity index (χ1n) is 13.2. The molecule has 1 aliphatic rings. The molecule has 0 N–H and O–H groups in total. The van der Waals surface area contributed by atoms with Gasteiger partial charge in [0.05, 0.1) is 35.6 Å². The van der Waals surface area contributed by atoms with Crippen LogP contribution in [-0.2, 0) is 9.53 Å². The van der Waals surface area contributed by atoms with Gasteiger partial charge in [-0.25, -0.2) is 9.79 Å². The van der Waals surface area contributed by atoms with E-state index >= 15 is 0 Å². The summed E-state index contributed by atoms with van der Waals surface area (Å²) < 4.78 is 15.4. The van der Waals surface area contributed by atoms with Gasteiger partial charge >= 0.3 is 5.97 Å². The molecule has 2 heterocycles. The molecule has 1 atom stereocenters. The highest BCUT2D eigenvalue weighted by atomic mass is 127. The largest absolute Gasteiger partial charge is 0.487 e. The summed E-state index contributed by atoms with van der Waals surface area (Å²) in [5, 5.41) is 0. The normalized spacial score (nSPS) is 15.2. The highest BCUT2D eigenvalue weighted by Crippen LogP contribution is 2.33. The number of nitrogens with zero attached hydrogens (tertiary/aromatic N) is 2. The highest BCUT2D eigenvalue weighted by molar-refractivity contribution is 14.1. The van der Waals surface area contributed by atoms with Crippen LogP contribution in [0.3, 0.4) is 0 Å². The Bertz CT molecular complexity index is 1610. The molecule has 0 bridgehead atoms. The standard InChI is InChI=1S/C31H32I2N2O4S/c1-6-9-24-26(30(37)38-8-3)27(21-12-10-20(11-13-21)18(4)5)35-29(36)25(40-31(35)34-24)17-19-15-22(32)28(23(33)16-19)39-14-7-2/h7,10-13,15-18,27H,2,6,8-9,14H2,1,3-5H3/b25-17-/t27-/m1/s1. The van der Waals surface area contributed by atoms with Gasteiger partial charge in [-0.05, 0) is 99.3 Å². The summed E-state index contributed by atoms with van der Waals surface area (Å²) in [4.78, 5) is 32.8. The summed E-state index contributed by atoms with van der Waals surface area (Å²) in [6, 6.07) is 11.5. The van der Waals surface area contributed by atoms with Crippen LogP contribution in [0.2, 0.25) is 0 Å². The SMILES string of the molecule is C=CCOc1c(I)cc(/C=c2\sc3n(c2=O)[C@H](c2ccc(C(C)C)cc2)C(C(=O)OCC)=C(CCC)N=3)cc1I. The van der Waals surface area contributed by atoms with E-state index < -0.39 is 12.0 Å². The van der Waals surface area contributed by atoms with Gasteiger partial charge < -0.3 is 9.47 Å². The molecule has 0 aliphatic carbocycles. The summed E-state index contributed by atoms with van der Waals surface area (Å²) >= 11 is 5.83. The minimum atomic E-state index is -0.616. The molecule has 6 nitrogen and oxygen atoms in total. The number of rotatable bonds is 10. The van der Waals surface area contributed by atoms with Gasteiger partial charge in [-0.15, -0.1) is 0 Å². The number of aromatic nitrogens is 1.